The Bertz CT molecular complexity index is 203. The molecular weight excluding hydrogens is 112 g/mol. The van der Waals surface area contributed by atoms with E-state index >= 15 is 0 Å². The molecule has 0 saturated carbocycles. The van der Waals surface area contributed by atoms with Crippen LogP contribution in [0.2, 0.25) is 0 Å². The van der Waals surface area contributed by atoms with Gasteiger partial charge in [0.25, 0.3) is 0 Å². The maximum atomic E-state index is 8.61. The van der Waals surface area contributed by atoms with Gasteiger partial charge >= 0.3 is 0 Å². The van der Waals surface area contributed by atoms with Crippen LogP contribution >= 0.6 is 0 Å². The van der Waals surface area contributed by atoms with Gasteiger partial charge in [0.05, 0.1) is 6.42 Å². The Labute approximate surface area is 55.1 Å². The van der Waals surface area contributed by atoms with E-state index in [0.29, 0.717) is 6.42 Å². The van der Waals surface area contributed by atoms with Gasteiger partial charge in [-0.2, -0.15) is 0 Å². The number of terminal acetylenes is 2. The monoisotopic (exact) mass is 118 g/mol. The molecule has 0 aliphatic rings. The zero-order valence-electron chi connectivity index (χ0n) is 4.89. The van der Waals surface area contributed by atoms with Gasteiger partial charge in [-0.15, -0.1) is 12.8 Å². The van der Waals surface area contributed by atoms with Crippen molar-refractivity contribution < 1.29 is 5.11 Å². The van der Waals surface area contributed by atoms with E-state index in [9.17, 15) is 0 Å². The van der Waals surface area contributed by atoms with Crippen LogP contribution in [0.15, 0.2) is 0 Å². The van der Waals surface area contributed by atoms with Gasteiger partial charge in [0.2, 0.25) is 0 Å². The van der Waals surface area contributed by atoms with Crippen LogP contribution in [0.3, 0.4) is 0 Å². The third-order valence-corrected chi connectivity index (χ3v) is 0.587. The van der Waals surface area contributed by atoms with Gasteiger partial charge < -0.3 is 5.11 Å². The molecule has 0 aromatic carbocycles. The third kappa shape index (κ3) is 4.49. The maximum Gasteiger partial charge on any atom is 0.176 e. The summed E-state index contributed by atoms with van der Waals surface area (Å²) in [6.07, 6.45) is 9.03. The summed E-state index contributed by atoms with van der Waals surface area (Å²) in [5.41, 5.74) is 0. The minimum atomic E-state index is -0.974. The maximum absolute atomic E-state index is 8.61. The van der Waals surface area contributed by atoms with Crippen molar-refractivity contribution in [1.82, 2.24) is 0 Å². The normalized spacial score (nSPS) is 9.67. The van der Waals surface area contributed by atoms with Crippen molar-refractivity contribution in [2.24, 2.45) is 0 Å². The molecule has 1 heteroatoms. The van der Waals surface area contributed by atoms with Gasteiger partial charge in [-0.1, -0.05) is 23.7 Å². The molecule has 0 heterocycles. The lowest BCUT2D eigenvalue weighted by Gasteiger charge is -1.84. The molecule has 0 aliphatic carbocycles. The quantitative estimate of drug-likeness (QED) is 0.444. The van der Waals surface area contributed by atoms with Gasteiger partial charge in [-0.05, 0) is 0 Å². The van der Waals surface area contributed by atoms with Crippen LogP contribution in [0.5, 0.6) is 0 Å². The summed E-state index contributed by atoms with van der Waals surface area (Å²) in [7, 11) is 0. The van der Waals surface area contributed by atoms with Crippen LogP contribution < -0.4 is 0 Å². The average Bonchev–Trinajstić information content (AvgIpc) is 1.89. The molecule has 1 nitrogen and oxygen atoms in total. The first-order chi connectivity index (χ1) is 4.31. The summed E-state index contributed by atoms with van der Waals surface area (Å²) >= 11 is 0. The predicted molar refractivity (Wildman–Crippen MR) is 36.1 cm³/mol. The number of hydrogen-bond donors (Lipinski definition) is 1. The van der Waals surface area contributed by atoms with Crippen molar-refractivity contribution in [1.29, 1.82) is 0 Å². The highest BCUT2D eigenvalue weighted by Gasteiger charge is 1.84. The second-order valence-corrected chi connectivity index (χ2v) is 1.27. The van der Waals surface area contributed by atoms with E-state index in [4.69, 9.17) is 18.0 Å². The highest BCUT2D eigenvalue weighted by molar-refractivity contribution is 5.18. The van der Waals surface area contributed by atoms with Gasteiger partial charge in [0.1, 0.15) is 0 Å². The Hall–Kier alpha value is -1.36. The number of aliphatic hydroxyl groups is 1. The fourth-order valence-corrected chi connectivity index (χ4v) is 0.240. The van der Waals surface area contributed by atoms with E-state index in [1.165, 1.54) is 0 Å². The van der Waals surface area contributed by atoms with Crippen LogP contribution in [-0.4, -0.2) is 11.2 Å². The van der Waals surface area contributed by atoms with E-state index in [1.54, 1.807) is 0 Å². The highest BCUT2D eigenvalue weighted by Crippen LogP contribution is 1.74. The summed E-state index contributed by atoms with van der Waals surface area (Å²) in [6.45, 7) is 0. The van der Waals surface area contributed by atoms with Crippen molar-refractivity contribution in [3.8, 4) is 36.5 Å². The molecule has 0 rings (SSSR count). The number of aliphatic hydroxyl groups excluding tert-OH is 1. The molecule has 0 fully saturated rings. The van der Waals surface area contributed by atoms with E-state index in [2.05, 4.69) is 17.8 Å². The van der Waals surface area contributed by atoms with Gasteiger partial charge in [0, 0.05) is 0 Å². The molecule has 0 bridgehead atoms. The van der Waals surface area contributed by atoms with Gasteiger partial charge in [-0.25, -0.2) is 0 Å². The largest absolute Gasteiger partial charge is 0.369 e. The summed E-state index contributed by atoms with van der Waals surface area (Å²) in [5, 5.41) is 8.61. The van der Waals surface area contributed by atoms with Gasteiger partial charge in [0.15, 0.2) is 6.10 Å². The first-order valence-electron chi connectivity index (χ1n) is 2.37. The molecule has 0 saturated heterocycles. The third-order valence-electron chi connectivity index (χ3n) is 0.587. The van der Waals surface area contributed by atoms with E-state index in [1.807, 2.05) is 5.92 Å². The highest BCUT2D eigenvalue weighted by atomic mass is 16.3. The first-order valence-corrected chi connectivity index (χ1v) is 2.37. The molecule has 0 amide bonds. The smallest absolute Gasteiger partial charge is 0.176 e. The van der Waals surface area contributed by atoms with E-state index < -0.39 is 6.10 Å². The minimum Gasteiger partial charge on any atom is -0.369 e. The van der Waals surface area contributed by atoms with Crippen molar-refractivity contribution in [3.05, 3.63) is 0 Å². The molecule has 0 radical (unpaired) electrons. The Kier molecular flexibility index (Phi) is 4.07. The molecule has 0 spiro atoms. The fraction of sp³-hybridized carbons (Fsp3) is 0.250. The van der Waals surface area contributed by atoms with Crippen molar-refractivity contribution >= 4 is 0 Å². The Morgan fingerprint density at radius 2 is 2.11 bits per heavy atom. The number of rotatable bonds is 0. The second-order valence-electron chi connectivity index (χ2n) is 1.27. The molecule has 1 unspecified atom stereocenters. The van der Waals surface area contributed by atoms with E-state index in [-0.39, 0.29) is 0 Å². The lowest BCUT2D eigenvalue weighted by molar-refractivity contribution is 0.290. The molecule has 0 aromatic heterocycles. The Morgan fingerprint density at radius 1 is 1.44 bits per heavy atom. The predicted octanol–water partition coefficient (Wildman–Crippen LogP) is 0.00720. The lowest BCUT2D eigenvalue weighted by atomic mass is 10.3. The summed E-state index contributed by atoms with van der Waals surface area (Å²) < 4.78 is 0. The minimum absolute atomic E-state index is 0.332. The van der Waals surface area contributed by atoms with Crippen molar-refractivity contribution in [2.75, 3.05) is 0 Å². The summed E-state index contributed by atoms with van der Waals surface area (Å²) in [6, 6.07) is 0. The lowest BCUT2D eigenvalue weighted by Crippen LogP contribution is -1.95. The molecule has 0 aromatic rings. The standard InChI is InChI=1S/C8H6O/c1-3-5-6-7-8(9)4-2/h1-2,8-9H,5H2. The average molecular weight is 118 g/mol. The van der Waals surface area contributed by atoms with Crippen LogP contribution in [0.1, 0.15) is 6.42 Å². The zero-order valence-corrected chi connectivity index (χ0v) is 4.89. The molecule has 0 aliphatic heterocycles. The Morgan fingerprint density at radius 3 is 2.56 bits per heavy atom. The molecule has 44 valence electrons. The van der Waals surface area contributed by atoms with E-state index in [0.717, 1.165) is 0 Å². The van der Waals surface area contributed by atoms with Crippen LogP contribution in [0.4, 0.5) is 0 Å². The first kappa shape index (κ1) is 7.64. The fourth-order valence-electron chi connectivity index (χ4n) is 0.240. The zero-order chi connectivity index (χ0) is 7.11. The van der Waals surface area contributed by atoms with Crippen LogP contribution in [0.25, 0.3) is 0 Å². The second kappa shape index (κ2) is 4.79. The SMILES string of the molecule is C#CCC#CC(O)C#C. The molecule has 9 heavy (non-hydrogen) atoms. The summed E-state index contributed by atoms with van der Waals surface area (Å²) in [4.78, 5) is 0. The van der Waals surface area contributed by atoms with Gasteiger partial charge in [-0.3, -0.25) is 0 Å². The number of hydrogen-bond acceptors (Lipinski definition) is 1. The van der Waals surface area contributed by atoms with Crippen molar-refractivity contribution in [3.63, 3.8) is 0 Å². The van der Waals surface area contributed by atoms with Crippen LogP contribution in [0, 0.1) is 36.5 Å². The summed E-state index contributed by atoms with van der Waals surface area (Å²) in [5.74, 6) is 9.20. The topological polar surface area (TPSA) is 20.2 Å². The van der Waals surface area contributed by atoms with Crippen molar-refractivity contribution in [2.45, 2.75) is 12.5 Å². The molecular formula is C8H6O. The van der Waals surface area contributed by atoms with Crippen LogP contribution in [-0.2, 0) is 0 Å². The Balaban J connectivity index is 3.65. The molecule has 1 N–H and O–H groups in total. The molecule has 1 atom stereocenters.